The molecule has 2 fully saturated rings. The van der Waals surface area contributed by atoms with Crippen LogP contribution in [-0.2, 0) is 4.74 Å². The van der Waals surface area contributed by atoms with E-state index in [-0.39, 0.29) is 0 Å². The third-order valence-electron chi connectivity index (χ3n) is 4.81. The Balaban J connectivity index is 1.87. The topological polar surface area (TPSA) is 24.5 Å². The van der Waals surface area contributed by atoms with Gasteiger partial charge < -0.3 is 10.1 Å². The number of nitrogens with zero attached hydrogens (tertiary/aromatic N) is 1. The number of nitrogens with one attached hydrogen (secondary N) is 1. The predicted octanol–water partition coefficient (Wildman–Crippen LogP) is 2.66. The third-order valence-corrected chi connectivity index (χ3v) is 4.81. The number of hydrogen-bond donors (Lipinski definition) is 1. The van der Waals surface area contributed by atoms with Gasteiger partial charge in [0.05, 0.1) is 13.2 Å². The third kappa shape index (κ3) is 4.73. The first kappa shape index (κ1) is 15.3. The van der Waals surface area contributed by atoms with Crippen LogP contribution in [0, 0.1) is 5.92 Å². The molecule has 0 amide bonds. The van der Waals surface area contributed by atoms with Crippen LogP contribution < -0.4 is 5.32 Å². The van der Waals surface area contributed by atoms with Crippen molar-refractivity contribution in [3.8, 4) is 0 Å². The second-order valence-electron chi connectivity index (χ2n) is 6.38. The van der Waals surface area contributed by atoms with E-state index in [9.17, 15) is 0 Å². The summed E-state index contributed by atoms with van der Waals surface area (Å²) in [4.78, 5) is 2.63. The summed E-state index contributed by atoms with van der Waals surface area (Å²) in [5.41, 5.74) is 0. The molecular weight excluding hydrogens is 236 g/mol. The van der Waals surface area contributed by atoms with Crippen molar-refractivity contribution in [2.75, 3.05) is 32.8 Å². The molecule has 1 saturated carbocycles. The van der Waals surface area contributed by atoms with Crippen molar-refractivity contribution >= 4 is 0 Å². The van der Waals surface area contributed by atoms with Gasteiger partial charge in [-0.3, -0.25) is 4.90 Å². The molecule has 2 aliphatic rings. The predicted molar refractivity (Wildman–Crippen MR) is 80.5 cm³/mol. The average Bonchev–Trinajstić information content (AvgIpc) is 2.46. The molecule has 3 heteroatoms. The summed E-state index contributed by atoms with van der Waals surface area (Å²) in [5.74, 6) is 0.898. The van der Waals surface area contributed by atoms with Crippen LogP contribution in [0.4, 0.5) is 0 Å². The second-order valence-corrected chi connectivity index (χ2v) is 6.38. The highest BCUT2D eigenvalue weighted by Gasteiger charge is 2.27. The Bertz CT molecular complexity index is 241. The van der Waals surface area contributed by atoms with Crippen molar-refractivity contribution in [3.63, 3.8) is 0 Å². The molecule has 0 aromatic carbocycles. The smallest absolute Gasteiger partial charge is 0.0619 e. The molecule has 1 heterocycles. The van der Waals surface area contributed by atoms with Gasteiger partial charge in [0.15, 0.2) is 0 Å². The Morgan fingerprint density at radius 2 is 2.05 bits per heavy atom. The van der Waals surface area contributed by atoms with Crippen molar-refractivity contribution in [3.05, 3.63) is 0 Å². The Morgan fingerprint density at radius 1 is 1.26 bits per heavy atom. The lowest BCUT2D eigenvalue weighted by Crippen LogP contribution is -2.52. The van der Waals surface area contributed by atoms with Gasteiger partial charge in [-0.25, -0.2) is 0 Å². The van der Waals surface area contributed by atoms with Crippen LogP contribution in [0.25, 0.3) is 0 Å². The normalized spacial score (nSPS) is 28.4. The maximum absolute atomic E-state index is 5.56. The van der Waals surface area contributed by atoms with Crippen LogP contribution in [0.15, 0.2) is 0 Å². The Labute approximate surface area is 119 Å². The van der Waals surface area contributed by atoms with Crippen LogP contribution in [0.3, 0.4) is 0 Å². The minimum atomic E-state index is 0.586. The summed E-state index contributed by atoms with van der Waals surface area (Å²) < 4.78 is 5.56. The summed E-state index contributed by atoms with van der Waals surface area (Å²) in [6.45, 7) is 9.88. The number of rotatable bonds is 6. The molecule has 1 aliphatic heterocycles. The van der Waals surface area contributed by atoms with E-state index in [0.717, 1.165) is 25.7 Å². The fraction of sp³-hybridized carbons (Fsp3) is 1.00. The van der Waals surface area contributed by atoms with E-state index < -0.39 is 0 Å². The molecule has 112 valence electrons. The quantitative estimate of drug-likeness (QED) is 0.801. The highest BCUT2D eigenvalue weighted by molar-refractivity contribution is 4.84. The van der Waals surface area contributed by atoms with Gasteiger partial charge in [0.2, 0.25) is 0 Å². The minimum absolute atomic E-state index is 0.586. The van der Waals surface area contributed by atoms with Crippen LogP contribution in [0.2, 0.25) is 0 Å². The van der Waals surface area contributed by atoms with Gasteiger partial charge in [0, 0.05) is 25.2 Å². The van der Waals surface area contributed by atoms with Gasteiger partial charge in [0.1, 0.15) is 0 Å². The Morgan fingerprint density at radius 3 is 2.74 bits per heavy atom. The maximum Gasteiger partial charge on any atom is 0.0619 e. The van der Waals surface area contributed by atoms with Crippen LogP contribution >= 0.6 is 0 Å². The molecule has 0 bridgehead atoms. The molecular formula is C16H32N2O. The lowest BCUT2D eigenvalue weighted by Gasteiger charge is -2.39. The van der Waals surface area contributed by atoms with Gasteiger partial charge in [-0.1, -0.05) is 26.2 Å². The number of morpholine rings is 1. The average molecular weight is 268 g/mol. The summed E-state index contributed by atoms with van der Waals surface area (Å²) in [6, 6.07) is 1.28. The Hall–Kier alpha value is -0.120. The first-order chi connectivity index (χ1) is 9.31. The summed E-state index contributed by atoms with van der Waals surface area (Å²) in [5, 5.41) is 3.82. The molecule has 0 spiro atoms. The van der Waals surface area contributed by atoms with Crippen molar-refractivity contribution in [1.82, 2.24) is 10.2 Å². The molecule has 0 aromatic heterocycles. The van der Waals surface area contributed by atoms with E-state index in [2.05, 4.69) is 24.1 Å². The number of ether oxygens (including phenoxy) is 1. The van der Waals surface area contributed by atoms with Gasteiger partial charge in [-0.05, 0) is 38.6 Å². The summed E-state index contributed by atoms with van der Waals surface area (Å²) in [7, 11) is 0. The molecule has 1 N–H and O–H groups in total. The molecule has 1 saturated heterocycles. The first-order valence-corrected chi connectivity index (χ1v) is 8.36. The van der Waals surface area contributed by atoms with Crippen molar-refractivity contribution in [2.24, 2.45) is 5.92 Å². The highest BCUT2D eigenvalue weighted by Crippen LogP contribution is 2.27. The molecule has 3 nitrogen and oxygen atoms in total. The first-order valence-electron chi connectivity index (χ1n) is 8.36. The maximum atomic E-state index is 5.56. The zero-order valence-electron chi connectivity index (χ0n) is 12.9. The molecule has 0 aromatic rings. The fourth-order valence-corrected chi connectivity index (χ4v) is 3.53. The van der Waals surface area contributed by atoms with E-state index in [1.54, 1.807) is 0 Å². The van der Waals surface area contributed by atoms with E-state index >= 15 is 0 Å². The van der Waals surface area contributed by atoms with E-state index in [1.165, 1.54) is 51.6 Å². The lowest BCUT2D eigenvalue weighted by molar-refractivity contribution is -0.00850. The number of hydrogen-bond acceptors (Lipinski definition) is 3. The van der Waals surface area contributed by atoms with E-state index in [4.69, 9.17) is 4.74 Å². The monoisotopic (exact) mass is 268 g/mol. The molecule has 1 aliphatic carbocycles. The zero-order valence-corrected chi connectivity index (χ0v) is 12.9. The van der Waals surface area contributed by atoms with Gasteiger partial charge in [-0.15, -0.1) is 0 Å². The summed E-state index contributed by atoms with van der Waals surface area (Å²) >= 11 is 0. The largest absolute Gasteiger partial charge is 0.379 e. The van der Waals surface area contributed by atoms with E-state index in [0.29, 0.717) is 12.1 Å². The van der Waals surface area contributed by atoms with Gasteiger partial charge >= 0.3 is 0 Å². The molecule has 0 radical (unpaired) electrons. The molecule has 19 heavy (non-hydrogen) atoms. The van der Waals surface area contributed by atoms with Crippen molar-refractivity contribution < 1.29 is 4.74 Å². The van der Waals surface area contributed by atoms with Gasteiger partial charge in [0.25, 0.3) is 0 Å². The second kappa shape index (κ2) is 8.23. The summed E-state index contributed by atoms with van der Waals surface area (Å²) in [6.07, 6.45) is 8.42. The van der Waals surface area contributed by atoms with Gasteiger partial charge in [-0.2, -0.15) is 0 Å². The standard InChI is InChI=1S/C16H32N2O/c1-3-9-17-16(15-7-5-4-6-8-15)12-18-10-11-19-13-14(18)2/h14-17H,3-13H2,1-2H3. The van der Waals surface area contributed by atoms with Crippen LogP contribution in [0.5, 0.6) is 0 Å². The lowest BCUT2D eigenvalue weighted by atomic mass is 9.83. The van der Waals surface area contributed by atoms with Crippen LogP contribution in [0.1, 0.15) is 52.4 Å². The minimum Gasteiger partial charge on any atom is -0.379 e. The Kier molecular flexibility index (Phi) is 6.62. The fourth-order valence-electron chi connectivity index (χ4n) is 3.53. The SMILES string of the molecule is CCCNC(CN1CCOCC1C)C1CCCCC1. The molecule has 2 unspecified atom stereocenters. The molecule has 2 atom stereocenters. The highest BCUT2D eigenvalue weighted by atomic mass is 16.5. The zero-order chi connectivity index (χ0) is 13.5. The van der Waals surface area contributed by atoms with Crippen molar-refractivity contribution in [1.29, 1.82) is 0 Å². The van der Waals surface area contributed by atoms with Crippen LogP contribution in [-0.4, -0.2) is 49.8 Å². The van der Waals surface area contributed by atoms with E-state index in [1.807, 2.05) is 0 Å². The van der Waals surface area contributed by atoms with Crippen molar-refractivity contribution in [2.45, 2.75) is 64.5 Å². The molecule has 2 rings (SSSR count).